The second-order valence-electron chi connectivity index (χ2n) is 13.2. The zero-order valence-corrected chi connectivity index (χ0v) is 25.7. The molecule has 226 valence electrons. The van der Waals surface area contributed by atoms with E-state index in [-0.39, 0.29) is 29.4 Å². The lowest BCUT2D eigenvalue weighted by Gasteiger charge is -2.50. The van der Waals surface area contributed by atoms with Crippen LogP contribution in [-0.4, -0.2) is 46.2 Å². The van der Waals surface area contributed by atoms with Crippen LogP contribution < -0.4 is 16.0 Å². The van der Waals surface area contributed by atoms with E-state index >= 15 is 0 Å². The Bertz CT molecular complexity index is 1540. The van der Waals surface area contributed by atoms with E-state index in [9.17, 15) is 9.59 Å². The fraction of sp³-hybridized carbons (Fsp3) is 0.500. The van der Waals surface area contributed by atoms with E-state index in [1.54, 1.807) is 0 Å². The number of halogens is 2. The molecule has 43 heavy (non-hydrogen) atoms. The molecule has 0 bridgehead atoms. The Kier molecular flexibility index (Phi) is 7.08. The molecule has 3 N–H and O–H groups in total. The van der Waals surface area contributed by atoms with Gasteiger partial charge in [0.25, 0.3) is 0 Å². The predicted octanol–water partition coefficient (Wildman–Crippen LogP) is 5.70. The van der Waals surface area contributed by atoms with E-state index in [0.717, 1.165) is 36.8 Å². The molecule has 1 aliphatic carbocycles. The molecule has 0 radical (unpaired) electrons. The molecule has 0 unspecified atom stereocenters. The minimum absolute atomic E-state index is 0.110. The van der Waals surface area contributed by atoms with Crippen molar-refractivity contribution in [3.05, 3.63) is 75.9 Å². The smallest absolute Gasteiger partial charge is 0.238 e. The van der Waals surface area contributed by atoms with Crippen molar-refractivity contribution in [2.45, 2.75) is 87.4 Å². The average molecular weight is 625 g/mol. The van der Waals surface area contributed by atoms with Crippen LogP contribution in [0.2, 0.25) is 10.0 Å². The van der Waals surface area contributed by atoms with Gasteiger partial charge in [-0.15, -0.1) is 0 Å². The van der Waals surface area contributed by atoms with Crippen molar-refractivity contribution in [1.82, 2.24) is 20.8 Å². The van der Waals surface area contributed by atoms with E-state index in [1.807, 2.05) is 42.5 Å². The molecule has 2 aromatic carbocycles. The number of aromatic nitrogens is 2. The lowest BCUT2D eigenvalue weighted by molar-refractivity contribution is -0.126. The lowest BCUT2D eigenvalue weighted by atomic mass is 9.53. The summed E-state index contributed by atoms with van der Waals surface area (Å²) in [4.78, 5) is 33.1. The first-order valence-corrected chi connectivity index (χ1v) is 15.7. The third-order valence-electron chi connectivity index (χ3n) is 10.2. The summed E-state index contributed by atoms with van der Waals surface area (Å²) in [5.74, 6) is -0.279. The number of nitrogens with zero attached hydrogens (tertiary/aromatic N) is 2. The molecule has 3 aromatic rings. The van der Waals surface area contributed by atoms with Gasteiger partial charge in [-0.2, -0.15) is 4.98 Å². The number of benzene rings is 2. The van der Waals surface area contributed by atoms with E-state index in [1.165, 1.54) is 6.39 Å². The average Bonchev–Trinajstić information content (AvgIpc) is 3.68. The van der Waals surface area contributed by atoms with Crippen LogP contribution >= 0.6 is 23.2 Å². The molecule has 9 nitrogen and oxygen atoms in total. The number of rotatable bonds is 4. The lowest BCUT2D eigenvalue weighted by Crippen LogP contribution is -2.61. The van der Waals surface area contributed by atoms with Gasteiger partial charge in [-0.3, -0.25) is 14.9 Å². The third-order valence-corrected chi connectivity index (χ3v) is 10.7. The first-order chi connectivity index (χ1) is 20.6. The fourth-order valence-electron chi connectivity index (χ4n) is 8.07. The molecular weight excluding hydrogens is 589 g/mol. The monoisotopic (exact) mass is 623 g/mol. The maximum atomic E-state index is 14.6. The van der Waals surface area contributed by atoms with Crippen molar-refractivity contribution in [1.29, 1.82) is 0 Å². The maximum Gasteiger partial charge on any atom is 0.238 e. The van der Waals surface area contributed by atoms with Crippen molar-refractivity contribution in [3.63, 3.8) is 0 Å². The van der Waals surface area contributed by atoms with Crippen molar-refractivity contribution < 1.29 is 18.8 Å². The number of fused-ring (bicyclic) bond motifs is 3. The third kappa shape index (κ3) is 4.67. The van der Waals surface area contributed by atoms with Gasteiger partial charge in [-0.05, 0) is 79.3 Å². The highest BCUT2D eigenvalue weighted by molar-refractivity contribution is 6.31. The number of carbonyl (C=O) groups is 2. The standard InChI is InChI=1S/C32H35Cl2N5O4/c1-30(2)10-12-31(13-11-30)32(22-8-6-20(34)15-23(22)37-29(32)41)25(18-4-3-5-19(33)14-18)26(38-31)28(40)36-21-7-9-24(42-16-21)27-35-17-43-39-27/h3-6,8,14-15,17,21,24-26,38H,7,9-13,16H2,1-2H3,(H,36,40)(H,37,41)/t21-,24+,25+,26-,32-/m1/s1. The summed E-state index contributed by atoms with van der Waals surface area (Å²) >= 11 is 13.0. The van der Waals surface area contributed by atoms with Gasteiger partial charge in [0.1, 0.15) is 11.5 Å². The molecule has 2 saturated heterocycles. The van der Waals surface area contributed by atoms with Crippen LogP contribution in [0.4, 0.5) is 5.69 Å². The van der Waals surface area contributed by atoms with Crippen molar-refractivity contribution in [2.75, 3.05) is 11.9 Å². The molecule has 2 amide bonds. The Balaban J connectivity index is 1.29. The summed E-state index contributed by atoms with van der Waals surface area (Å²) < 4.78 is 10.9. The zero-order chi connectivity index (χ0) is 30.0. The molecule has 5 atom stereocenters. The summed E-state index contributed by atoms with van der Waals surface area (Å²) in [7, 11) is 0. The van der Waals surface area contributed by atoms with E-state index < -0.39 is 22.9 Å². The van der Waals surface area contributed by atoms with Crippen LogP contribution in [0, 0.1) is 5.41 Å². The molecule has 3 fully saturated rings. The second-order valence-corrected chi connectivity index (χ2v) is 14.1. The molecule has 1 aromatic heterocycles. The van der Waals surface area contributed by atoms with Gasteiger partial charge in [0, 0.05) is 27.2 Å². The number of nitrogens with one attached hydrogen (secondary N) is 3. The van der Waals surface area contributed by atoms with Gasteiger partial charge in [0.05, 0.1) is 18.7 Å². The van der Waals surface area contributed by atoms with E-state index in [4.69, 9.17) is 32.5 Å². The number of hydrogen-bond donors (Lipinski definition) is 3. The quantitative estimate of drug-likeness (QED) is 0.341. The minimum atomic E-state index is -1.05. The topological polar surface area (TPSA) is 118 Å². The van der Waals surface area contributed by atoms with Gasteiger partial charge in [-0.1, -0.05) is 60.4 Å². The highest BCUT2D eigenvalue weighted by atomic mass is 35.5. The molecule has 3 aliphatic heterocycles. The minimum Gasteiger partial charge on any atom is -0.368 e. The highest BCUT2D eigenvalue weighted by Crippen LogP contribution is 2.63. The normalized spacial score (nSPS) is 30.7. The molecule has 4 heterocycles. The first-order valence-electron chi connectivity index (χ1n) is 14.9. The highest BCUT2D eigenvalue weighted by Gasteiger charge is 2.72. The van der Waals surface area contributed by atoms with Crippen molar-refractivity contribution in [2.24, 2.45) is 5.41 Å². The summed E-state index contributed by atoms with van der Waals surface area (Å²) in [6, 6.07) is 12.3. The summed E-state index contributed by atoms with van der Waals surface area (Å²) in [5.41, 5.74) is 0.836. The zero-order valence-electron chi connectivity index (χ0n) is 24.2. The van der Waals surface area contributed by atoms with Gasteiger partial charge < -0.3 is 19.9 Å². The number of anilines is 1. The van der Waals surface area contributed by atoms with E-state index in [2.05, 4.69) is 39.9 Å². The van der Waals surface area contributed by atoms with Crippen LogP contribution in [0.3, 0.4) is 0 Å². The van der Waals surface area contributed by atoms with Gasteiger partial charge in [-0.25, -0.2) is 0 Å². The van der Waals surface area contributed by atoms with Crippen LogP contribution in [0.1, 0.15) is 81.3 Å². The number of carbonyl (C=O) groups excluding carboxylic acids is 2. The Morgan fingerprint density at radius 1 is 1.05 bits per heavy atom. The largest absolute Gasteiger partial charge is 0.368 e. The van der Waals surface area contributed by atoms with Gasteiger partial charge >= 0.3 is 0 Å². The van der Waals surface area contributed by atoms with Crippen molar-refractivity contribution >= 4 is 40.7 Å². The summed E-state index contributed by atoms with van der Waals surface area (Å²) in [6.45, 7) is 4.87. The fourth-order valence-corrected chi connectivity index (χ4v) is 8.44. The van der Waals surface area contributed by atoms with Crippen LogP contribution in [0.5, 0.6) is 0 Å². The number of amides is 2. The van der Waals surface area contributed by atoms with Crippen molar-refractivity contribution in [3.8, 4) is 0 Å². The maximum absolute atomic E-state index is 14.6. The van der Waals surface area contributed by atoms with Crippen LogP contribution in [0.25, 0.3) is 0 Å². The Morgan fingerprint density at radius 2 is 1.84 bits per heavy atom. The van der Waals surface area contributed by atoms with Crippen LogP contribution in [-0.2, 0) is 19.7 Å². The second kappa shape index (κ2) is 10.6. The van der Waals surface area contributed by atoms with Crippen LogP contribution in [0.15, 0.2) is 53.4 Å². The SMILES string of the molecule is CC1(C)CCC2(CC1)N[C@@H](C(=O)N[C@@H]1CC[C@@H](c3ncon3)OC1)[C@H](c1cccc(Cl)c1)[C@]21C(=O)Nc2cc(Cl)ccc21. The van der Waals surface area contributed by atoms with E-state index in [0.29, 0.717) is 41.0 Å². The molecule has 2 spiro atoms. The Morgan fingerprint density at radius 3 is 2.53 bits per heavy atom. The molecule has 4 aliphatic rings. The summed E-state index contributed by atoms with van der Waals surface area (Å²) in [6.07, 6.45) is 5.71. The number of hydrogen-bond acceptors (Lipinski definition) is 7. The Hall–Kier alpha value is -2.98. The molecule has 1 saturated carbocycles. The van der Waals surface area contributed by atoms with Gasteiger partial charge in [0.15, 0.2) is 5.82 Å². The number of ether oxygens (including phenoxy) is 1. The predicted molar refractivity (Wildman–Crippen MR) is 162 cm³/mol. The first kappa shape index (κ1) is 28.8. The summed E-state index contributed by atoms with van der Waals surface area (Å²) in [5, 5.41) is 15.3. The molecule has 11 heteroatoms. The van der Waals surface area contributed by atoms with Gasteiger partial charge in [0.2, 0.25) is 18.2 Å². The molecule has 7 rings (SSSR count). The molecular formula is C32H35Cl2N5O4. The Labute approximate surface area is 260 Å².